The lowest BCUT2D eigenvalue weighted by molar-refractivity contribution is -0.140. The first-order valence-corrected chi connectivity index (χ1v) is 11.5. The summed E-state index contributed by atoms with van der Waals surface area (Å²) in [5.41, 5.74) is 1.66. The highest BCUT2D eigenvalue weighted by Crippen LogP contribution is 2.44. The van der Waals surface area contributed by atoms with E-state index in [0.717, 1.165) is 5.56 Å². The average molecular weight is 489 g/mol. The van der Waals surface area contributed by atoms with Gasteiger partial charge in [-0.1, -0.05) is 6.07 Å². The zero-order chi connectivity index (χ0) is 25.8. The molecular weight excluding hydrogens is 460 g/mol. The van der Waals surface area contributed by atoms with E-state index in [4.69, 9.17) is 14.2 Å². The number of methoxy groups -OCH3 is 2. The zero-order valence-corrected chi connectivity index (χ0v) is 20.6. The predicted octanol–water partition coefficient (Wildman–Crippen LogP) is 4.51. The van der Waals surface area contributed by atoms with Crippen molar-refractivity contribution in [1.29, 1.82) is 0 Å². The van der Waals surface area contributed by atoms with Crippen LogP contribution in [0.25, 0.3) is 5.76 Å². The second-order valence-corrected chi connectivity index (χ2v) is 8.59. The number of benzene rings is 2. The molecule has 1 aliphatic rings. The van der Waals surface area contributed by atoms with Crippen molar-refractivity contribution in [3.63, 3.8) is 0 Å². The van der Waals surface area contributed by atoms with Gasteiger partial charge in [-0.3, -0.25) is 14.6 Å². The molecule has 1 fully saturated rings. The molecule has 4 rings (SSSR count). The summed E-state index contributed by atoms with van der Waals surface area (Å²) < 4.78 is 16.6. The van der Waals surface area contributed by atoms with Crippen LogP contribution in [0.4, 0.5) is 0 Å². The van der Waals surface area contributed by atoms with Crippen LogP contribution in [-0.4, -0.2) is 47.0 Å². The van der Waals surface area contributed by atoms with Crippen molar-refractivity contribution in [1.82, 2.24) is 9.88 Å². The maximum Gasteiger partial charge on any atom is 0.295 e. The van der Waals surface area contributed by atoms with E-state index in [-0.39, 0.29) is 24.0 Å². The summed E-state index contributed by atoms with van der Waals surface area (Å²) in [5.74, 6) is -0.165. The van der Waals surface area contributed by atoms with Crippen LogP contribution in [0.15, 0.2) is 72.6 Å². The highest BCUT2D eigenvalue weighted by molar-refractivity contribution is 6.46. The minimum atomic E-state index is -0.891. The average Bonchev–Trinajstić information content (AvgIpc) is 3.13. The highest BCUT2D eigenvalue weighted by atomic mass is 16.5. The van der Waals surface area contributed by atoms with Gasteiger partial charge in [0.15, 0.2) is 0 Å². The largest absolute Gasteiger partial charge is 0.507 e. The normalized spacial score (nSPS) is 16.9. The Labute approximate surface area is 209 Å². The molecule has 1 aliphatic heterocycles. The van der Waals surface area contributed by atoms with Crippen LogP contribution in [0, 0.1) is 0 Å². The smallest absolute Gasteiger partial charge is 0.295 e. The van der Waals surface area contributed by atoms with Gasteiger partial charge in [0.25, 0.3) is 11.7 Å². The molecular formula is C28H28N2O6. The number of aliphatic hydroxyl groups excluding tert-OH is 1. The summed E-state index contributed by atoms with van der Waals surface area (Å²) >= 11 is 0. The summed E-state index contributed by atoms with van der Waals surface area (Å²) in [7, 11) is 3.04. The van der Waals surface area contributed by atoms with E-state index in [1.165, 1.54) is 19.1 Å². The summed E-state index contributed by atoms with van der Waals surface area (Å²) in [6, 6.07) is 14.6. The molecule has 1 N–H and O–H groups in total. The Morgan fingerprint density at radius 3 is 2.36 bits per heavy atom. The van der Waals surface area contributed by atoms with Gasteiger partial charge in [0, 0.05) is 36.1 Å². The number of hydrogen-bond donors (Lipinski definition) is 1. The number of likely N-dealkylation sites (tertiary alicyclic amines) is 1. The summed E-state index contributed by atoms with van der Waals surface area (Å²) in [4.78, 5) is 32.1. The van der Waals surface area contributed by atoms with Crippen LogP contribution in [-0.2, 0) is 16.1 Å². The van der Waals surface area contributed by atoms with E-state index >= 15 is 0 Å². The number of aromatic nitrogens is 1. The molecule has 0 aliphatic carbocycles. The first-order chi connectivity index (χ1) is 17.3. The third-order valence-corrected chi connectivity index (χ3v) is 5.85. The molecule has 8 nitrogen and oxygen atoms in total. The molecule has 1 aromatic heterocycles. The summed E-state index contributed by atoms with van der Waals surface area (Å²) in [5, 5.41) is 11.3. The molecule has 36 heavy (non-hydrogen) atoms. The van der Waals surface area contributed by atoms with Crippen LogP contribution in [0.2, 0.25) is 0 Å². The number of ketones is 1. The van der Waals surface area contributed by atoms with Crippen molar-refractivity contribution in [3.8, 4) is 17.2 Å². The van der Waals surface area contributed by atoms with Crippen LogP contribution in [0.3, 0.4) is 0 Å². The van der Waals surface area contributed by atoms with Gasteiger partial charge in [0.1, 0.15) is 23.0 Å². The second kappa shape index (κ2) is 10.5. The number of hydrogen-bond acceptors (Lipinski definition) is 7. The lowest BCUT2D eigenvalue weighted by atomic mass is 9.94. The topological polar surface area (TPSA) is 98.2 Å². The maximum absolute atomic E-state index is 13.3. The Morgan fingerprint density at radius 1 is 1.03 bits per heavy atom. The predicted molar refractivity (Wildman–Crippen MR) is 134 cm³/mol. The SMILES string of the molecule is COc1ccc(C2/C(=C(/O)c3ccc(OC(C)C)cc3)C(=O)C(=O)N2Cc2cccnc2)c(OC)c1. The van der Waals surface area contributed by atoms with E-state index in [2.05, 4.69) is 4.98 Å². The molecule has 1 atom stereocenters. The monoisotopic (exact) mass is 488 g/mol. The van der Waals surface area contributed by atoms with Crippen LogP contribution in [0.5, 0.6) is 17.2 Å². The fourth-order valence-corrected chi connectivity index (χ4v) is 4.22. The van der Waals surface area contributed by atoms with Gasteiger partial charge in [0.2, 0.25) is 0 Å². The Morgan fingerprint density at radius 2 is 1.75 bits per heavy atom. The second-order valence-electron chi connectivity index (χ2n) is 8.59. The minimum absolute atomic E-state index is 0.00946. The van der Waals surface area contributed by atoms with Gasteiger partial charge in [-0.05, 0) is 61.9 Å². The van der Waals surface area contributed by atoms with Crippen molar-refractivity contribution in [3.05, 3.63) is 89.3 Å². The molecule has 3 aromatic rings. The summed E-state index contributed by atoms with van der Waals surface area (Å²) in [6.45, 7) is 3.95. The quantitative estimate of drug-likeness (QED) is 0.283. The summed E-state index contributed by atoms with van der Waals surface area (Å²) in [6.07, 6.45) is 3.26. The molecule has 1 saturated heterocycles. The molecule has 2 heterocycles. The molecule has 1 unspecified atom stereocenters. The third kappa shape index (κ3) is 4.88. The van der Waals surface area contributed by atoms with Crippen molar-refractivity contribution in [2.24, 2.45) is 0 Å². The van der Waals surface area contributed by atoms with Gasteiger partial charge in [0.05, 0.1) is 31.9 Å². The van der Waals surface area contributed by atoms with Crippen molar-refractivity contribution < 1.29 is 28.9 Å². The Hall–Kier alpha value is -4.33. The Balaban J connectivity index is 1.86. The number of rotatable bonds is 8. The standard InChI is InChI=1S/C28H28N2O6/c1-17(2)36-20-9-7-19(8-10-20)26(31)24-25(22-12-11-21(34-3)14-23(22)35-4)30(28(33)27(24)32)16-18-6-5-13-29-15-18/h5-15,17,25,31H,16H2,1-4H3/b26-24-. The first-order valence-electron chi connectivity index (χ1n) is 11.5. The van der Waals surface area contributed by atoms with Gasteiger partial charge >= 0.3 is 0 Å². The molecule has 0 spiro atoms. The van der Waals surface area contributed by atoms with E-state index < -0.39 is 17.7 Å². The fourth-order valence-electron chi connectivity index (χ4n) is 4.22. The highest BCUT2D eigenvalue weighted by Gasteiger charge is 2.47. The molecule has 0 bridgehead atoms. The van der Waals surface area contributed by atoms with E-state index in [9.17, 15) is 14.7 Å². The van der Waals surface area contributed by atoms with Gasteiger partial charge in [-0.25, -0.2) is 0 Å². The van der Waals surface area contributed by atoms with Gasteiger partial charge in [-0.2, -0.15) is 0 Å². The number of Topliss-reactive ketones (excluding diaryl/α,β-unsaturated/α-hetero) is 1. The number of ether oxygens (including phenoxy) is 3. The van der Waals surface area contributed by atoms with Gasteiger partial charge in [-0.15, -0.1) is 0 Å². The number of carbonyl (C=O) groups excluding carboxylic acids is 2. The van der Waals surface area contributed by atoms with Crippen LogP contribution >= 0.6 is 0 Å². The Kier molecular flexibility index (Phi) is 7.24. The zero-order valence-electron chi connectivity index (χ0n) is 20.6. The first kappa shape index (κ1) is 24.8. The fraction of sp³-hybridized carbons (Fsp3) is 0.250. The van der Waals surface area contributed by atoms with Gasteiger partial charge < -0.3 is 24.2 Å². The number of aliphatic hydroxyl groups is 1. The molecule has 186 valence electrons. The number of nitrogens with zero attached hydrogens (tertiary/aromatic N) is 2. The Bertz CT molecular complexity index is 1290. The van der Waals surface area contributed by atoms with Crippen molar-refractivity contribution in [2.75, 3.05) is 14.2 Å². The molecule has 1 amide bonds. The van der Waals surface area contributed by atoms with E-state index in [1.807, 2.05) is 19.9 Å². The number of carbonyl (C=O) groups is 2. The molecule has 0 radical (unpaired) electrons. The van der Waals surface area contributed by atoms with Crippen molar-refractivity contribution in [2.45, 2.75) is 32.5 Å². The number of amides is 1. The van der Waals surface area contributed by atoms with E-state index in [1.54, 1.807) is 60.9 Å². The van der Waals surface area contributed by atoms with Crippen LogP contribution in [0.1, 0.15) is 36.6 Å². The van der Waals surface area contributed by atoms with E-state index in [0.29, 0.717) is 28.4 Å². The van der Waals surface area contributed by atoms with Crippen molar-refractivity contribution >= 4 is 17.4 Å². The lowest BCUT2D eigenvalue weighted by Crippen LogP contribution is -2.29. The lowest BCUT2D eigenvalue weighted by Gasteiger charge is -2.27. The third-order valence-electron chi connectivity index (χ3n) is 5.85. The maximum atomic E-state index is 13.3. The van der Waals surface area contributed by atoms with Crippen LogP contribution < -0.4 is 14.2 Å². The molecule has 8 heteroatoms. The molecule has 0 saturated carbocycles. The minimum Gasteiger partial charge on any atom is -0.507 e. The number of pyridine rings is 1. The molecule has 2 aromatic carbocycles.